The first kappa shape index (κ1) is 20.4. The van der Waals surface area contributed by atoms with E-state index in [1.54, 1.807) is 6.20 Å². The first-order valence-electron chi connectivity index (χ1n) is 12.5. The van der Waals surface area contributed by atoms with Crippen LogP contribution < -0.4 is 20.9 Å². The Morgan fingerprint density at radius 3 is 2.74 bits per heavy atom. The third-order valence-electron chi connectivity index (χ3n) is 8.53. The smallest absolute Gasteiger partial charge is 0.248 e. The number of amides is 1. The molecular weight excluding hydrogens is 433 g/mol. The largest absolute Gasteiger partial charge is 0.368 e. The molecule has 8 nitrogen and oxygen atoms in total. The Labute approximate surface area is 198 Å². The number of nitrogens with zero attached hydrogens (tertiary/aromatic N) is 4. The van der Waals surface area contributed by atoms with Gasteiger partial charge in [0.15, 0.2) is 0 Å². The molecule has 4 fully saturated rings. The van der Waals surface area contributed by atoms with Gasteiger partial charge in [-0.05, 0) is 37.5 Å². The van der Waals surface area contributed by atoms with Crippen LogP contribution in [0.1, 0.15) is 37.7 Å². The van der Waals surface area contributed by atoms with E-state index in [9.17, 15) is 9.18 Å². The SMILES string of the molecule is O=C1N(C2CCCC2)CCC12Cc1cnc(Nc3ccc(N4CC5(CNC5)C4)c(F)c3)nc1N2. The fourth-order valence-electron chi connectivity index (χ4n) is 6.55. The van der Waals surface area contributed by atoms with Gasteiger partial charge in [-0.2, -0.15) is 4.98 Å². The molecule has 0 bridgehead atoms. The van der Waals surface area contributed by atoms with E-state index in [1.165, 1.54) is 18.9 Å². The van der Waals surface area contributed by atoms with Gasteiger partial charge < -0.3 is 25.8 Å². The molecule has 2 spiro atoms. The lowest BCUT2D eigenvalue weighted by atomic mass is 9.74. The van der Waals surface area contributed by atoms with Crippen molar-refractivity contribution >= 4 is 29.0 Å². The minimum atomic E-state index is -0.587. The van der Waals surface area contributed by atoms with Crippen molar-refractivity contribution < 1.29 is 9.18 Å². The van der Waals surface area contributed by atoms with Gasteiger partial charge in [-0.25, -0.2) is 9.37 Å². The van der Waals surface area contributed by atoms with Crippen LogP contribution >= 0.6 is 0 Å². The number of halogens is 1. The Morgan fingerprint density at radius 2 is 2.00 bits per heavy atom. The second-order valence-corrected chi connectivity index (χ2v) is 10.9. The van der Waals surface area contributed by atoms with Crippen molar-refractivity contribution in [2.24, 2.45) is 5.41 Å². The quantitative estimate of drug-likeness (QED) is 0.643. The van der Waals surface area contributed by atoms with Crippen LogP contribution in [0.15, 0.2) is 24.4 Å². The van der Waals surface area contributed by atoms with Crippen LogP contribution in [-0.4, -0.2) is 65.1 Å². The van der Waals surface area contributed by atoms with Gasteiger partial charge in [0.25, 0.3) is 0 Å². The number of hydrogen-bond donors (Lipinski definition) is 3. The first-order valence-corrected chi connectivity index (χ1v) is 12.5. The van der Waals surface area contributed by atoms with Crippen LogP contribution in [-0.2, 0) is 11.2 Å². The normalized spacial score (nSPS) is 27.1. The summed E-state index contributed by atoms with van der Waals surface area (Å²) in [5.74, 6) is 1.07. The zero-order chi connectivity index (χ0) is 22.9. The second-order valence-electron chi connectivity index (χ2n) is 10.9. The van der Waals surface area contributed by atoms with E-state index in [-0.39, 0.29) is 11.7 Å². The van der Waals surface area contributed by atoms with Crippen molar-refractivity contribution in [1.82, 2.24) is 20.2 Å². The minimum absolute atomic E-state index is 0.204. The molecule has 1 aromatic carbocycles. The highest BCUT2D eigenvalue weighted by Crippen LogP contribution is 2.41. The number of anilines is 4. The van der Waals surface area contributed by atoms with Crippen molar-refractivity contribution in [2.75, 3.05) is 48.3 Å². The van der Waals surface area contributed by atoms with E-state index in [0.29, 0.717) is 41.0 Å². The summed E-state index contributed by atoms with van der Waals surface area (Å²) in [7, 11) is 0. The lowest BCUT2D eigenvalue weighted by Crippen LogP contribution is -2.71. The van der Waals surface area contributed by atoms with E-state index >= 15 is 0 Å². The number of hydrogen-bond acceptors (Lipinski definition) is 7. The summed E-state index contributed by atoms with van der Waals surface area (Å²) in [6.07, 6.45) is 7.88. The van der Waals surface area contributed by atoms with Gasteiger partial charge >= 0.3 is 0 Å². The molecule has 1 atom stereocenters. The topological polar surface area (TPSA) is 85.4 Å². The summed E-state index contributed by atoms with van der Waals surface area (Å²) >= 11 is 0. The van der Waals surface area contributed by atoms with Crippen molar-refractivity contribution in [1.29, 1.82) is 0 Å². The minimum Gasteiger partial charge on any atom is -0.368 e. The third-order valence-corrected chi connectivity index (χ3v) is 8.53. The molecule has 5 aliphatic rings. The molecule has 9 heteroatoms. The zero-order valence-corrected chi connectivity index (χ0v) is 19.2. The number of carbonyl (C=O) groups is 1. The maximum atomic E-state index is 14.8. The number of nitrogens with one attached hydrogen (secondary N) is 3. The maximum absolute atomic E-state index is 14.8. The predicted molar refractivity (Wildman–Crippen MR) is 128 cm³/mol. The summed E-state index contributed by atoms with van der Waals surface area (Å²) in [5, 5.41) is 9.88. The molecular formula is C25H30FN7O. The molecule has 4 aliphatic heterocycles. The fourth-order valence-corrected chi connectivity index (χ4v) is 6.55. The molecule has 7 rings (SSSR count). The Balaban J connectivity index is 1.04. The van der Waals surface area contributed by atoms with E-state index in [2.05, 4.69) is 35.7 Å². The van der Waals surface area contributed by atoms with Gasteiger partial charge in [0, 0.05) is 68.0 Å². The highest BCUT2D eigenvalue weighted by molar-refractivity contribution is 5.94. The number of likely N-dealkylation sites (tertiary alicyclic amines) is 1. The Morgan fingerprint density at radius 1 is 1.18 bits per heavy atom. The van der Waals surface area contributed by atoms with Crippen LogP contribution in [0.25, 0.3) is 0 Å². The van der Waals surface area contributed by atoms with E-state index in [4.69, 9.17) is 0 Å². The van der Waals surface area contributed by atoms with Crippen molar-refractivity contribution in [3.8, 4) is 0 Å². The highest BCUT2D eigenvalue weighted by atomic mass is 19.1. The average molecular weight is 464 g/mol. The lowest BCUT2D eigenvalue weighted by molar-refractivity contribution is -0.133. The van der Waals surface area contributed by atoms with Gasteiger partial charge in [0.05, 0.1) is 5.69 Å². The predicted octanol–water partition coefficient (Wildman–Crippen LogP) is 2.65. The van der Waals surface area contributed by atoms with Crippen LogP contribution in [0.4, 0.5) is 27.5 Å². The highest BCUT2D eigenvalue weighted by Gasteiger charge is 2.52. The lowest BCUT2D eigenvalue weighted by Gasteiger charge is -2.57. The van der Waals surface area contributed by atoms with Crippen molar-refractivity contribution in [3.05, 3.63) is 35.8 Å². The summed E-state index contributed by atoms with van der Waals surface area (Å²) in [6.45, 7) is 4.67. The van der Waals surface area contributed by atoms with Gasteiger partial charge in [-0.15, -0.1) is 0 Å². The van der Waals surface area contributed by atoms with Crippen LogP contribution in [0, 0.1) is 11.2 Å². The van der Waals surface area contributed by atoms with E-state index < -0.39 is 5.54 Å². The molecule has 3 saturated heterocycles. The second kappa shape index (κ2) is 7.28. The average Bonchev–Trinajstić information content (AvgIpc) is 3.47. The number of benzene rings is 1. The molecule has 1 unspecified atom stereocenters. The number of aromatic nitrogens is 2. The molecule has 34 heavy (non-hydrogen) atoms. The van der Waals surface area contributed by atoms with Crippen LogP contribution in [0.2, 0.25) is 0 Å². The van der Waals surface area contributed by atoms with Crippen molar-refractivity contribution in [3.63, 3.8) is 0 Å². The fraction of sp³-hybridized carbons (Fsp3) is 0.560. The van der Waals surface area contributed by atoms with Gasteiger partial charge in [0.2, 0.25) is 11.9 Å². The summed E-state index contributed by atoms with van der Waals surface area (Å²) < 4.78 is 14.8. The zero-order valence-electron chi connectivity index (χ0n) is 19.2. The molecule has 1 saturated carbocycles. The maximum Gasteiger partial charge on any atom is 0.248 e. The van der Waals surface area contributed by atoms with Crippen LogP contribution in [0.5, 0.6) is 0 Å². The Kier molecular flexibility index (Phi) is 4.37. The molecule has 1 aromatic heterocycles. The number of carbonyl (C=O) groups excluding carboxylic acids is 1. The van der Waals surface area contributed by atoms with Gasteiger partial charge in [-0.1, -0.05) is 12.8 Å². The molecule has 5 heterocycles. The Bertz CT molecular complexity index is 1150. The monoisotopic (exact) mass is 463 g/mol. The Hall–Kier alpha value is -2.94. The molecule has 1 aliphatic carbocycles. The number of rotatable bonds is 4. The van der Waals surface area contributed by atoms with E-state index in [0.717, 1.165) is 57.5 Å². The summed E-state index contributed by atoms with van der Waals surface area (Å²) in [5.41, 5.74) is 1.98. The molecule has 3 N–H and O–H groups in total. The van der Waals surface area contributed by atoms with Crippen molar-refractivity contribution in [2.45, 2.75) is 50.1 Å². The van der Waals surface area contributed by atoms with Gasteiger partial charge in [-0.3, -0.25) is 4.79 Å². The summed E-state index contributed by atoms with van der Waals surface area (Å²) in [6, 6.07) is 5.59. The van der Waals surface area contributed by atoms with Crippen LogP contribution in [0.3, 0.4) is 0 Å². The molecule has 178 valence electrons. The standard InChI is InChI=1S/C25H30FN7O/c26-19-9-17(5-6-20(19)32-14-24(15-32)12-27-13-24)29-23-28-11-16-10-25(31-21(16)30-23)7-8-33(22(25)34)18-3-1-2-4-18/h5-6,9,11,18,27H,1-4,7-8,10,12-15H2,(H2,28,29,30,31). The van der Waals surface area contributed by atoms with Gasteiger partial charge in [0.1, 0.15) is 17.2 Å². The third kappa shape index (κ3) is 3.09. The first-order chi connectivity index (χ1) is 16.5. The number of fused-ring (bicyclic) bond motifs is 1. The molecule has 1 amide bonds. The molecule has 2 aromatic rings. The molecule has 0 radical (unpaired) electrons. The summed E-state index contributed by atoms with van der Waals surface area (Å²) in [4.78, 5) is 26.6. The van der Waals surface area contributed by atoms with E-state index in [1.807, 2.05) is 12.1 Å².